The number of aryl methyl sites for hydroxylation is 1. The molecule has 1 heterocycles. The zero-order valence-electron chi connectivity index (χ0n) is 14.6. The van der Waals surface area contributed by atoms with E-state index in [0.29, 0.717) is 22.7 Å². The minimum absolute atomic E-state index is 0.603. The first-order chi connectivity index (χ1) is 12.7. The molecule has 0 amide bonds. The lowest BCUT2D eigenvalue weighted by molar-refractivity contribution is 0.419. The van der Waals surface area contributed by atoms with Gasteiger partial charge in [0.1, 0.15) is 0 Å². The molecular formula is C22H18N2O2. The molecule has 0 unspecified atom stereocenters. The Hall–Kier alpha value is -3.40. The number of oxazole rings is 1. The van der Waals surface area contributed by atoms with Gasteiger partial charge in [-0.3, -0.25) is 0 Å². The Morgan fingerprint density at radius 3 is 2.12 bits per heavy atom. The second-order valence-electron chi connectivity index (χ2n) is 5.92. The molecule has 0 radical (unpaired) electrons. The molecule has 1 aromatic heterocycles. The molecule has 4 aromatic rings. The highest BCUT2D eigenvalue weighted by Gasteiger charge is 2.12. The lowest BCUT2D eigenvalue weighted by atomic mass is 10.0. The second kappa shape index (κ2) is 6.84. The molecule has 4 heteroatoms. The van der Waals surface area contributed by atoms with Gasteiger partial charge in [-0.15, -0.1) is 0 Å². The van der Waals surface area contributed by atoms with E-state index in [-0.39, 0.29) is 0 Å². The van der Waals surface area contributed by atoms with Crippen molar-refractivity contribution in [3.05, 3.63) is 89.8 Å². The summed E-state index contributed by atoms with van der Waals surface area (Å²) in [6.07, 6.45) is 0. The molecule has 0 saturated carbocycles. The molecule has 0 fully saturated rings. The normalized spacial score (nSPS) is 10.7. The van der Waals surface area contributed by atoms with Crippen LogP contribution in [-0.2, 0) is 0 Å². The maximum Gasteiger partial charge on any atom is 0.192 e. The SMILES string of the molecule is COc1cc(N=C(c2ccccc2)c2ccccc2)cc2oc(C)nc12. The number of aliphatic imine (C=N–C) groups is 1. The summed E-state index contributed by atoms with van der Waals surface area (Å²) in [6, 6.07) is 24.0. The van der Waals surface area contributed by atoms with Crippen molar-refractivity contribution in [1.29, 1.82) is 0 Å². The van der Waals surface area contributed by atoms with E-state index in [2.05, 4.69) is 29.2 Å². The Labute approximate surface area is 151 Å². The third-order valence-electron chi connectivity index (χ3n) is 4.11. The lowest BCUT2D eigenvalue weighted by Crippen LogP contribution is -2.02. The summed E-state index contributed by atoms with van der Waals surface area (Å²) in [4.78, 5) is 9.30. The van der Waals surface area contributed by atoms with Gasteiger partial charge >= 0.3 is 0 Å². The fraction of sp³-hybridized carbons (Fsp3) is 0.0909. The number of nitrogens with zero attached hydrogens (tertiary/aromatic N) is 2. The van der Waals surface area contributed by atoms with Gasteiger partial charge in [-0.25, -0.2) is 9.98 Å². The van der Waals surface area contributed by atoms with E-state index >= 15 is 0 Å². The van der Waals surface area contributed by atoms with Gasteiger partial charge in [0.15, 0.2) is 22.7 Å². The predicted molar refractivity (Wildman–Crippen MR) is 103 cm³/mol. The molecule has 4 nitrogen and oxygen atoms in total. The van der Waals surface area contributed by atoms with Crippen molar-refractivity contribution in [2.24, 2.45) is 4.99 Å². The smallest absolute Gasteiger partial charge is 0.192 e. The molecule has 0 N–H and O–H groups in total. The van der Waals surface area contributed by atoms with Gasteiger partial charge in [0.05, 0.1) is 18.5 Å². The molecule has 0 saturated heterocycles. The van der Waals surface area contributed by atoms with Gasteiger partial charge in [-0.1, -0.05) is 60.7 Å². The van der Waals surface area contributed by atoms with Crippen molar-refractivity contribution in [2.45, 2.75) is 6.92 Å². The van der Waals surface area contributed by atoms with Gasteiger partial charge in [0.25, 0.3) is 0 Å². The highest BCUT2D eigenvalue weighted by Crippen LogP contribution is 2.32. The maximum absolute atomic E-state index is 5.68. The Morgan fingerprint density at radius 1 is 0.923 bits per heavy atom. The summed E-state index contributed by atoms with van der Waals surface area (Å²) in [5.74, 6) is 1.25. The Balaban J connectivity index is 1.91. The van der Waals surface area contributed by atoms with Crippen molar-refractivity contribution in [3.63, 3.8) is 0 Å². The Kier molecular flexibility index (Phi) is 4.23. The van der Waals surface area contributed by atoms with Crippen LogP contribution in [0.15, 0.2) is 82.2 Å². The number of hydrogen-bond donors (Lipinski definition) is 0. The van der Waals surface area contributed by atoms with Crippen LogP contribution in [0.3, 0.4) is 0 Å². The highest BCUT2D eigenvalue weighted by atomic mass is 16.5. The summed E-state index contributed by atoms with van der Waals surface area (Å²) in [6.45, 7) is 1.82. The molecule has 0 aliphatic rings. The fourth-order valence-corrected chi connectivity index (χ4v) is 2.93. The summed E-state index contributed by atoms with van der Waals surface area (Å²) < 4.78 is 11.2. The zero-order valence-corrected chi connectivity index (χ0v) is 14.6. The number of ether oxygens (including phenoxy) is 1. The average molecular weight is 342 g/mol. The van der Waals surface area contributed by atoms with E-state index in [1.165, 1.54) is 0 Å². The van der Waals surface area contributed by atoms with Crippen molar-refractivity contribution < 1.29 is 9.15 Å². The van der Waals surface area contributed by atoms with Crippen LogP contribution in [0.4, 0.5) is 5.69 Å². The number of fused-ring (bicyclic) bond motifs is 1. The van der Waals surface area contributed by atoms with E-state index in [9.17, 15) is 0 Å². The van der Waals surface area contributed by atoms with Crippen LogP contribution in [0, 0.1) is 6.92 Å². The number of benzene rings is 3. The van der Waals surface area contributed by atoms with Crippen LogP contribution in [0.2, 0.25) is 0 Å². The van der Waals surface area contributed by atoms with Gasteiger partial charge in [-0.05, 0) is 0 Å². The van der Waals surface area contributed by atoms with E-state index in [1.54, 1.807) is 7.11 Å². The fourth-order valence-electron chi connectivity index (χ4n) is 2.93. The molecule has 0 aliphatic carbocycles. The van der Waals surface area contributed by atoms with E-state index < -0.39 is 0 Å². The van der Waals surface area contributed by atoms with Crippen LogP contribution in [-0.4, -0.2) is 17.8 Å². The monoisotopic (exact) mass is 342 g/mol. The van der Waals surface area contributed by atoms with E-state index in [0.717, 1.165) is 22.5 Å². The van der Waals surface area contributed by atoms with Crippen LogP contribution < -0.4 is 4.74 Å². The van der Waals surface area contributed by atoms with Gasteiger partial charge in [-0.2, -0.15) is 0 Å². The number of rotatable bonds is 4. The Morgan fingerprint density at radius 2 is 1.54 bits per heavy atom. The van der Waals surface area contributed by atoms with Gasteiger partial charge < -0.3 is 9.15 Å². The predicted octanol–water partition coefficient (Wildman–Crippen LogP) is 5.31. The highest BCUT2D eigenvalue weighted by molar-refractivity contribution is 6.14. The second-order valence-corrected chi connectivity index (χ2v) is 5.92. The van der Waals surface area contributed by atoms with Gasteiger partial charge in [0.2, 0.25) is 0 Å². The summed E-state index contributed by atoms with van der Waals surface area (Å²) in [7, 11) is 1.63. The van der Waals surface area contributed by atoms with Crippen molar-refractivity contribution in [2.75, 3.05) is 7.11 Å². The third kappa shape index (κ3) is 3.09. The van der Waals surface area contributed by atoms with Crippen molar-refractivity contribution in [3.8, 4) is 5.75 Å². The standard InChI is InChI=1S/C22H18N2O2/c1-15-23-22-19(25-2)13-18(14-20(22)26-15)24-21(16-9-5-3-6-10-16)17-11-7-4-8-12-17/h3-14H,1-2H3. The first-order valence-corrected chi connectivity index (χ1v) is 8.39. The Bertz CT molecular complexity index is 1030. The van der Waals surface area contributed by atoms with E-state index in [1.807, 2.05) is 55.5 Å². The summed E-state index contributed by atoms with van der Waals surface area (Å²) >= 11 is 0. The van der Waals surface area contributed by atoms with Crippen LogP contribution in [0.25, 0.3) is 11.1 Å². The lowest BCUT2D eigenvalue weighted by Gasteiger charge is -2.08. The molecule has 0 aliphatic heterocycles. The average Bonchev–Trinajstić information content (AvgIpc) is 3.07. The maximum atomic E-state index is 5.68. The molecule has 0 spiro atoms. The van der Waals surface area contributed by atoms with Crippen molar-refractivity contribution >= 4 is 22.5 Å². The first kappa shape index (κ1) is 16.1. The molecule has 0 atom stereocenters. The largest absolute Gasteiger partial charge is 0.494 e. The van der Waals surface area contributed by atoms with Crippen molar-refractivity contribution in [1.82, 2.24) is 4.98 Å². The minimum atomic E-state index is 0.603. The molecular weight excluding hydrogens is 324 g/mol. The third-order valence-corrected chi connectivity index (χ3v) is 4.11. The minimum Gasteiger partial charge on any atom is -0.494 e. The number of aromatic nitrogens is 1. The number of methoxy groups -OCH3 is 1. The van der Waals surface area contributed by atoms with E-state index in [4.69, 9.17) is 14.1 Å². The number of hydrogen-bond acceptors (Lipinski definition) is 4. The molecule has 26 heavy (non-hydrogen) atoms. The zero-order chi connectivity index (χ0) is 17.9. The van der Waals surface area contributed by atoms with Gasteiger partial charge in [0, 0.05) is 30.2 Å². The van der Waals surface area contributed by atoms with Crippen LogP contribution in [0.5, 0.6) is 5.75 Å². The topological polar surface area (TPSA) is 47.6 Å². The molecule has 3 aromatic carbocycles. The molecule has 4 rings (SSSR count). The molecule has 128 valence electrons. The van der Waals surface area contributed by atoms with Crippen LogP contribution in [0.1, 0.15) is 17.0 Å². The van der Waals surface area contributed by atoms with Crippen LogP contribution >= 0.6 is 0 Å². The summed E-state index contributed by atoms with van der Waals surface area (Å²) in [5, 5.41) is 0. The summed E-state index contributed by atoms with van der Waals surface area (Å²) in [5.41, 5.74) is 5.13. The first-order valence-electron chi connectivity index (χ1n) is 8.39. The molecule has 0 bridgehead atoms. The quantitative estimate of drug-likeness (QED) is 0.472.